The van der Waals surface area contributed by atoms with Crippen LogP contribution in [0, 0.1) is 0 Å². The van der Waals surface area contributed by atoms with Gasteiger partial charge >= 0.3 is 17.1 Å². The fourth-order valence-electron chi connectivity index (χ4n) is 5.17. The second kappa shape index (κ2) is 10.1. The van der Waals surface area contributed by atoms with E-state index < -0.39 is 17.1 Å². The van der Waals surface area contributed by atoms with Crippen molar-refractivity contribution >= 4 is 60.1 Å². The summed E-state index contributed by atoms with van der Waals surface area (Å²) in [6.07, 6.45) is 0. The molecule has 0 fully saturated rings. The standard InChI is InChI=1S/C32H28N2O4P2/c1-33(2)39-35-29-21-13-5-9-17-25(21)31(26-18-10-6-14-22(26)29)37-40(34(3)4)38-32-27-19-11-7-15-23(27)30(36-39)24-16-8-12-20-28(24)32/h5-20H,1-4H3. The van der Waals surface area contributed by atoms with E-state index in [1.807, 2.05) is 86.1 Å². The second-order valence-corrected chi connectivity index (χ2v) is 13.3. The predicted octanol–water partition coefficient (Wildman–Crippen LogP) is 9.11. The molecule has 200 valence electrons. The van der Waals surface area contributed by atoms with Crippen molar-refractivity contribution in [2.24, 2.45) is 0 Å². The Morgan fingerprint density at radius 3 is 0.675 bits per heavy atom. The molecule has 6 nitrogen and oxygen atoms in total. The highest BCUT2D eigenvalue weighted by molar-refractivity contribution is 7.45. The number of hydrogen-bond acceptors (Lipinski definition) is 6. The molecule has 0 radical (unpaired) electrons. The lowest BCUT2D eigenvalue weighted by molar-refractivity contribution is 0.421. The summed E-state index contributed by atoms with van der Waals surface area (Å²) in [5, 5.41) is 7.69. The third-order valence-corrected chi connectivity index (χ3v) is 9.66. The van der Waals surface area contributed by atoms with Gasteiger partial charge in [0, 0.05) is 43.1 Å². The third kappa shape index (κ3) is 4.11. The first-order chi connectivity index (χ1) is 19.5. The minimum absolute atomic E-state index is 0.774. The SMILES string of the molecule is CN(C)P1Oc2c3ccccc3c(c3ccccc23)OP(N(C)C)Oc2c3ccccc3c(c3ccccc23)O1. The zero-order chi connectivity index (χ0) is 27.4. The van der Waals surface area contributed by atoms with Gasteiger partial charge in [-0.25, -0.2) is 9.34 Å². The first-order valence-corrected chi connectivity index (χ1v) is 15.3. The van der Waals surface area contributed by atoms with Crippen LogP contribution in [0.5, 0.6) is 23.0 Å². The monoisotopic (exact) mass is 566 g/mol. The van der Waals surface area contributed by atoms with Crippen LogP contribution in [0.4, 0.5) is 0 Å². The molecular weight excluding hydrogens is 538 g/mol. The van der Waals surface area contributed by atoms with Crippen LogP contribution < -0.4 is 18.1 Å². The van der Waals surface area contributed by atoms with Crippen molar-refractivity contribution < 1.29 is 18.1 Å². The second-order valence-electron chi connectivity index (χ2n) is 10.0. The topological polar surface area (TPSA) is 43.4 Å². The molecule has 0 spiro atoms. The van der Waals surface area contributed by atoms with Gasteiger partial charge in [0.15, 0.2) is 0 Å². The molecular formula is C32H28N2O4P2. The third-order valence-electron chi connectivity index (χ3n) is 7.00. The Bertz CT molecular complexity index is 1530. The van der Waals surface area contributed by atoms with Crippen molar-refractivity contribution in [1.29, 1.82) is 0 Å². The predicted molar refractivity (Wildman–Crippen MR) is 167 cm³/mol. The average Bonchev–Trinajstić information content (AvgIpc) is 2.98. The van der Waals surface area contributed by atoms with E-state index in [9.17, 15) is 0 Å². The van der Waals surface area contributed by atoms with Crippen LogP contribution in [0.15, 0.2) is 97.1 Å². The van der Waals surface area contributed by atoms with Crippen molar-refractivity contribution in [3.63, 3.8) is 0 Å². The van der Waals surface area contributed by atoms with Crippen molar-refractivity contribution in [2.75, 3.05) is 28.2 Å². The zero-order valence-electron chi connectivity index (χ0n) is 22.7. The highest BCUT2D eigenvalue weighted by Crippen LogP contribution is 2.56. The average molecular weight is 567 g/mol. The molecule has 40 heavy (non-hydrogen) atoms. The summed E-state index contributed by atoms with van der Waals surface area (Å²) in [6.45, 7) is 0. The Kier molecular flexibility index (Phi) is 6.37. The number of rotatable bonds is 2. The van der Waals surface area contributed by atoms with Crippen LogP contribution in [0.3, 0.4) is 0 Å². The lowest BCUT2D eigenvalue weighted by Crippen LogP contribution is -2.15. The molecule has 4 bridgehead atoms. The summed E-state index contributed by atoms with van der Waals surface area (Å²) in [4.78, 5) is 0. The van der Waals surface area contributed by atoms with Crippen LogP contribution in [0.2, 0.25) is 0 Å². The molecule has 0 atom stereocenters. The summed E-state index contributed by atoms with van der Waals surface area (Å²) >= 11 is 0. The first-order valence-electron chi connectivity index (χ1n) is 13.0. The van der Waals surface area contributed by atoms with E-state index >= 15 is 0 Å². The molecule has 1 aliphatic heterocycles. The van der Waals surface area contributed by atoms with Gasteiger partial charge in [0.2, 0.25) is 0 Å². The van der Waals surface area contributed by atoms with Crippen molar-refractivity contribution in [2.45, 2.75) is 0 Å². The first kappa shape index (κ1) is 25.3. The Morgan fingerprint density at radius 2 is 0.525 bits per heavy atom. The lowest BCUT2D eigenvalue weighted by atomic mass is 10.0. The number of nitrogens with zero attached hydrogens (tertiary/aromatic N) is 2. The number of hydrogen-bond donors (Lipinski definition) is 0. The summed E-state index contributed by atoms with van der Waals surface area (Å²) < 4.78 is 31.6. The Morgan fingerprint density at radius 1 is 0.350 bits per heavy atom. The van der Waals surface area contributed by atoms with Crippen molar-refractivity contribution in [1.82, 2.24) is 9.34 Å². The maximum absolute atomic E-state index is 6.90. The molecule has 1 heterocycles. The van der Waals surface area contributed by atoms with Gasteiger partial charge in [-0.15, -0.1) is 0 Å². The number of fused-ring (bicyclic) bond motifs is 6. The smallest absolute Gasteiger partial charge is 0.384 e. The minimum atomic E-state index is -1.54. The maximum atomic E-state index is 6.90. The fourth-order valence-corrected chi connectivity index (χ4v) is 7.31. The molecule has 0 amide bonds. The maximum Gasteiger partial charge on any atom is 0.384 e. The highest BCUT2D eigenvalue weighted by atomic mass is 31.2. The highest BCUT2D eigenvalue weighted by Gasteiger charge is 2.30. The quantitative estimate of drug-likeness (QED) is 0.154. The van der Waals surface area contributed by atoms with Gasteiger partial charge in [-0.1, -0.05) is 97.1 Å². The lowest BCUT2D eigenvalue weighted by Gasteiger charge is -2.30. The summed E-state index contributed by atoms with van der Waals surface area (Å²) in [7, 11) is 4.87. The molecule has 7 rings (SSSR count). The Balaban J connectivity index is 1.60. The van der Waals surface area contributed by atoms with Crippen LogP contribution in [0.25, 0.3) is 43.1 Å². The molecule has 0 saturated carbocycles. The van der Waals surface area contributed by atoms with E-state index in [-0.39, 0.29) is 0 Å². The largest absolute Gasteiger partial charge is 0.426 e. The van der Waals surface area contributed by atoms with E-state index in [0.29, 0.717) is 0 Å². The summed E-state index contributed by atoms with van der Waals surface area (Å²) in [5.41, 5.74) is 0. The van der Waals surface area contributed by atoms with Gasteiger partial charge in [0.1, 0.15) is 23.0 Å². The van der Waals surface area contributed by atoms with E-state index in [0.717, 1.165) is 66.1 Å². The molecule has 6 aromatic carbocycles. The summed E-state index contributed by atoms with van der Waals surface area (Å²) in [6, 6.07) is 32.9. The Labute approximate surface area is 235 Å². The molecule has 0 aliphatic carbocycles. The van der Waals surface area contributed by atoms with Crippen LogP contribution in [0.1, 0.15) is 0 Å². The van der Waals surface area contributed by atoms with Crippen molar-refractivity contribution in [3.05, 3.63) is 97.1 Å². The molecule has 6 aromatic rings. The van der Waals surface area contributed by atoms with Gasteiger partial charge in [0.05, 0.1) is 0 Å². The van der Waals surface area contributed by atoms with Gasteiger partial charge < -0.3 is 18.1 Å². The van der Waals surface area contributed by atoms with E-state index in [1.165, 1.54) is 0 Å². The van der Waals surface area contributed by atoms with Gasteiger partial charge in [-0.3, -0.25) is 0 Å². The van der Waals surface area contributed by atoms with E-state index in [4.69, 9.17) is 18.1 Å². The van der Waals surface area contributed by atoms with Crippen molar-refractivity contribution in [3.8, 4) is 23.0 Å². The Hall–Kier alpha value is -3.66. The molecule has 0 N–H and O–H groups in total. The molecule has 0 aromatic heterocycles. The van der Waals surface area contributed by atoms with Crippen LogP contribution >= 0.6 is 17.1 Å². The normalized spacial score (nSPS) is 17.2. The van der Waals surface area contributed by atoms with Crippen LogP contribution in [-0.2, 0) is 0 Å². The zero-order valence-corrected chi connectivity index (χ0v) is 24.4. The van der Waals surface area contributed by atoms with E-state index in [2.05, 4.69) is 48.5 Å². The molecule has 0 saturated heterocycles. The number of benzene rings is 6. The molecule has 1 aliphatic rings. The summed E-state index contributed by atoms with van der Waals surface area (Å²) in [5.74, 6) is 3.10. The van der Waals surface area contributed by atoms with Crippen LogP contribution in [-0.4, -0.2) is 37.5 Å². The molecule has 0 unspecified atom stereocenters. The van der Waals surface area contributed by atoms with E-state index in [1.54, 1.807) is 0 Å². The van der Waals surface area contributed by atoms with Gasteiger partial charge in [-0.05, 0) is 28.2 Å². The van der Waals surface area contributed by atoms with Gasteiger partial charge in [-0.2, -0.15) is 0 Å². The molecule has 8 heteroatoms. The van der Waals surface area contributed by atoms with Gasteiger partial charge in [0.25, 0.3) is 0 Å². The minimum Gasteiger partial charge on any atom is -0.426 e. The fraction of sp³-hybridized carbons (Fsp3) is 0.125.